The Morgan fingerprint density at radius 3 is 2.71 bits per heavy atom. The highest BCUT2D eigenvalue weighted by atomic mass is 35.5. The second kappa shape index (κ2) is 8.28. The quantitative estimate of drug-likeness (QED) is 0.441. The van der Waals surface area contributed by atoms with E-state index in [-0.39, 0.29) is 28.7 Å². The van der Waals surface area contributed by atoms with Crippen LogP contribution in [0.1, 0.15) is 21.8 Å². The number of aromatic nitrogens is 1. The van der Waals surface area contributed by atoms with Crippen molar-refractivity contribution in [2.75, 3.05) is 5.32 Å². The highest BCUT2D eigenvalue weighted by molar-refractivity contribution is 6.31. The normalized spacial score (nSPS) is 10.5. The molecule has 2 aromatic carbocycles. The number of hydrogen-bond donors (Lipinski definition) is 1. The van der Waals surface area contributed by atoms with Gasteiger partial charge in [0.2, 0.25) is 0 Å². The molecule has 0 aliphatic rings. The molecule has 0 aliphatic carbocycles. The molecule has 3 rings (SSSR count). The molecule has 0 fully saturated rings. The van der Waals surface area contributed by atoms with Gasteiger partial charge in [-0.1, -0.05) is 34.4 Å². The second-order valence-corrected chi connectivity index (χ2v) is 6.56. The van der Waals surface area contributed by atoms with Crippen LogP contribution in [0.5, 0.6) is 5.75 Å². The number of aryl methyl sites for hydroxylation is 1. The predicted octanol–water partition coefficient (Wildman–Crippen LogP) is 5.03. The van der Waals surface area contributed by atoms with E-state index >= 15 is 0 Å². The summed E-state index contributed by atoms with van der Waals surface area (Å²) in [7, 11) is 0. The Hall–Kier alpha value is -3.10. The van der Waals surface area contributed by atoms with Crippen LogP contribution in [0.4, 0.5) is 11.4 Å². The van der Waals surface area contributed by atoms with Crippen molar-refractivity contribution in [3.63, 3.8) is 0 Å². The zero-order chi connectivity index (χ0) is 20.3. The number of hydrogen-bond acceptors (Lipinski definition) is 6. The lowest BCUT2D eigenvalue weighted by Crippen LogP contribution is -2.16. The van der Waals surface area contributed by atoms with Gasteiger partial charge in [0, 0.05) is 16.1 Å². The first-order chi connectivity index (χ1) is 13.3. The molecule has 144 valence electrons. The summed E-state index contributed by atoms with van der Waals surface area (Å²) in [6, 6.07) is 10.7. The summed E-state index contributed by atoms with van der Waals surface area (Å²) in [5.41, 5.74) is 0.0254. The fourth-order valence-corrected chi connectivity index (χ4v) is 2.74. The minimum Gasteiger partial charge on any atom is -0.489 e. The summed E-state index contributed by atoms with van der Waals surface area (Å²) in [6.45, 7) is 1.63. The van der Waals surface area contributed by atoms with Crippen molar-refractivity contribution in [2.45, 2.75) is 13.5 Å². The average Bonchev–Trinajstić information content (AvgIpc) is 3.02. The maximum Gasteiger partial charge on any atom is 0.294 e. The number of amides is 1. The number of ether oxygens (including phenoxy) is 1. The summed E-state index contributed by atoms with van der Waals surface area (Å²) in [5.74, 6) is 0.220. The van der Waals surface area contributed by atoms with Gasteiger partial charge in [0.15, 0.2) is 5.69 Å². The number of halogens is 2. The standard InChI is InChI=1S/C18H13Cl2N3O5/c1-10-14(9-27-13-4-2-3-11(19)7-13)17(22-28-10)18(24)21-15-6-5-12(20)8-16(15)23(25)26/h2-8H,9H2,1H3,(H,21,24). The molecular formula is C18H13Cl2N3O5. The monoisotopic (exact) mass is 421 g/mol. The number of nitro groups is 1. The number of nitrogens with one attached hydrogen (secondary N) is 1. The smallest absolute Gasteiger partial charge is 0.294 e. The van der Waals surface area contributed by atoms with Gasteiger partial charge in [-0.15, -0.1) is 0 Å². The molecule has 0 bridgehead atoms. The second-order valence-electron chi connectivity index (χ2n) is 5.68. The SMILES string of the molecule is Cc1onc(C(=O)Nc2ccc(Cl)cc2[N+](=O)[O-])c1COc1cccc(Cl)c1. The number of nitro benzene ring substituents is 1. The summed E-state index contributed by atoms with van der Waals surface area (Å²) in [4.78, 5) is 23.1. The van der Waals surface area contributed by atoms with Gasteiger partial charge in [0.1, 0.15) is 23.8 Å². The molecular weight excluding hydrogens is 409 g/mol. The van der Waals surface area contributed by atoms with E-state index in [4.69, 9.17) is 32.5 Å². The van der Waals surface area contributed by atoms with E-state index in [9.17, 15) is 14.9 Å². The molecule has 0 aliphatic heterocycles. The Balaban J connectivity index is 1.81. The number of anilines is 1. The molecule has 28 heavy (non-hydrogen) atoms. The minimum absolute atomic E-state index is 0.00113. The Kier molecular flexibility index (Phi) is 5.81. The minimum atomic E-state index is -0.674. The molecule has 0 atom stereocenters. The number of benzene rings is 2. The molecule has 0 spiro atoms. The number of rotatable bonds is 6. The molecule has 1 aromatic heterocycles. The molecule has 1 heterocycles. The highest BCUT2D eigenvalue weighted by Crippen LogP contribution is 2.29. The maximum absolute atomic E-state index is 12.6. The fraction of sp³-hybridized carbons (Fsp3) is 0.111. The van der Waals surface area contributed by atoms with Crippen LogP contribution >= 0.6 is 23.2 Å². The van der Waals surface area contributed by atoms with Crippen LogP contribution < -0.4 is 10.1 Å². The Morgan fingerprint density at radius 2 is 2.00 bits per heavy atom. The first-order valence-corrected chi connectivity index (χ1v) is 8.69. The van der Waals surface area contributed by atoms with E-state index in [1.165, 1.54) is 12.1 Å². The van der Waals surface area contributed by atoms with E-state index in [1.807, 2.05) is 0 Å². The van der Waals surface area contributed by atoms with Crippen LogP contribution in [0.2, 0.25) is 10.0 Å². The van der Waals surface area contributed by atoms with Gasteiger partial charge in [-0.05, 0) is 37.3 Å². The third-order valence-electron chi connectivity index (χ3n) is 3.78. The van der Waals surface area contributed by atoms with Gasteiger partial charge in [-0.2, -0.15) is 0 Å². The van der Waals surface area contributed by atoms with Crippen LogP contribution in [-0.2, 0) is 6.61 Å². The van der Waals surface area contributed by atoms with Crippen LogP contribution in [0, 0.1) is 17.0 Å². The Bertz CT molecular complexity index is 1050. The van der Waals surface area contributed by atoms with Gasteiger partial charge in [-0.3, -0.25) is 14.9 Å². The summed E-state index contributed by atoms with van der Waals surface area (Å²) in [6.07, 6.45) is 0. The summed E-state index contributed by atoms with van der Waals surface area (Å²) in [5, 5.41) is 18.1. The molecule has 1 N–H and O–H groups in total. The van der Waals surface area contributed by atoms with E-state index in [0.717, 1.165) is 6.07 Å². The Morgan fingerprint density at radius 1 is 1.25 bits per heavy atom. The molecule has 0 unspecified atom stereocenters. The molecule has 1 amide bonds. The molecule has 3 aromatic rings. The number of nitrogens with zero attached hydrogens (tertiary/aromatic N) is 2. The van der Waals surface area contributed by atoms with Crippen LogP contribution in [-0.4, -0.2) is 16.0 Å². The molecule has 8 nitrogen and oxygen atoms in total. The summed E-state index contributed by atoms with van der Waals surface area (Å²) >= 11 is 11.7. The number of carbonyl (C=O) groups excluding carboxylic acids is 1. The zero-order valence-electron chi connectivity index (χ0n) is 14.4. The fourth-order valence-electron chi connectivity index (χ4n) is 2.39. The Labute approximate surface area is 169 Å². The maximum atomic E-state index is 12.6. The zero-order valence-corrected chi connectivity index (χ0v) is 16.0. The van der Waals surface area contributed by atoms with Gasteiger partial charge in [0.25, 0.3) is 11.6 Å². The van der Waals surface area contributed by atoms with Crippen molar-refractivity contribution in [3.05, 3.63) is 79.6 Å². The van der Waals surface area contributed by atoms with Gasteiger partial charge >= 0.3 is 0 Å². The molecule has 0 saturated heterocycles. The first-order valence-electron chi connectivity index (χ1n) is 7.94. The largest absolute Gasteiger partial charge is 0.489 e. The van der Waals surface area contributed by atoms with E-state index in [0.29, 0.717) is 22.1 Å². The van der Waals surface area contributed by atoms with Crippen molar-refractivity contribution in [1.29, 1.82) is 0 Å². The molecule has 0 radical (unpaired) electrons. The first kappa shape index (κ1) is 19.7. The van der Waals surface area contributed by atoms with Crippen LogP contribution in [0.25, 0.3) is 0 Å². The van der Waals surface area contributed by atoms with E-state index in [1.54, 1.807) is 31.2 Å². The molecule has 10 heteroatoms. The average molecular weight is 422 g/mol. The lowest BCUT2D eigenvalue weighted by molar-refractivity contribution is -0.383. The van der Waals surface area contributed by atoms with E-state index in [2.05, 4.69) is 10.5 Å². The van der Waals surface area contributed by atoms with Gasteiger partial charge in [-0.25, -0.2) is 0 Å². The summed E-state index contributed by atoms with van der Waals surface area (Å²) < 4.78 is 10.7. The van der Waals surface area contributed by atoms with Gasteiger partial charge in [0.05, 0.1) is 10.5 Å². The lowest BCUT2D eigenvalue weighted by atomic mass is 10.2. The van der Waals surface area contributed by atoms with Crippen molar-refractivity contribution < 1.29 is 19.0 Å². The van der Waals surface area contributed by atoms with Crippen molar-refractivity contribution in [3.8, 4) is 5.75 Å². The van der Waals surface area contributed by atoms with Crippen LogP contribution in [0.15, 0.2) is 47.0 Å². The van der Waals surface area contributed by atoms with Crippen molar-refractivity contribution >= 4 is 40.5 Å². The van der Waals surface area contributed by atoms with Crippen molar-refractivity contribution in [1.82, 2.24) is 5.16 Å². The lowest BCUT2D eigenvalue weighted by Gasteiger charge is -2.08. The van der Waals surface area contributed by atoms with Gasteiger partial charge < -0.3 is 14.6 Å². The third kappa shape index (κ3) is 4.41. The van der Waals surface area contributed by atoms with Crippen molar-refractivity contribution in [2.24, 2.45) is 0 Å². The number of carbonyl (C=O) groups is 1. The molecule has 0 saturated carbocycles. The highest BCUT2D eigenvalue weighted by Gasteiger charge is 2.23. The third-order valence-corrected chi connectivity index (χ3v) is 4.25. The predicted molar refractivity (Wildman–Crippen MR) is 103 cm³/mol. The van der Waals surface area contributed by atoms with Crippen LogP contribution in [0.3, 0.4) is 0 Å². The van der Waals surface area contributed by atoms with E-state index < -0.39 is 10.8 Å². The topological polar surface area (TPSA) is 108 Å².